The quantitative estimate of drug-likeness (QED) is 0.607. The standard InChI is InChI=1S/C22H25F2NO4/c1-14(2)20(15-8-11-17(27-3)12-9-15)25-19(26)13-10-16-6-5-7-18(28-4)21(16)29-22(23)24/h5-14,20,22H,1-4H3,(H,25,26)/b13-10+. The highest BCUT2D eigenvalue weighted by molar-refractivity contribution is 5.92. The molecule has 1 unspecified atom stereocenters. The first-order chi connectivity index (χ1) is 13.8. The third-order valence-electron chi connectivity index (χ3n) is 4.29. The molecule has 2 aromatic rings. The number of carbonyl (C=O) groups excluding carboxylic acids is 1. The first-order valence-corrected chi connectivity index (χ1v) is 9.10. The van der Waals surface area contributed by atoms with Gasteiger partial charge in [0.25, 0.3) is 0 Å². The summed E-state index contributed by atoms with van der Waals surface area (Å²) in [6, 6.07) is 11.9. The van der Waals surface area contributed by atoms with Crippen LogP contribution in [0.3, 0.4) is 0 Å². The molecule has 7 heteroatoms. The third kappa shape index (κ3) is 6.20. The molecular weight excluding hydrogens is 380 g/mol. The number of rotatable bonds is 9. The van der Waals surface area contributed by atoms with Crippen molar-refractivity contribution in [2.75, 3.05) is 14.2 Å². The van der Waals surface area contributed by atoms with Gasteiger partial charge in [0.1, 0.15) is 5.75 Å². The topological polar surface area (TPSA) is 56.8 Å². The Hall–Kier alpha value is -3.09. The van der Waals surface area contributed by atoms with Crippen LogP contribution in [-0.4, -0.2) is 26.7 Å². The van der Waals surface area contributed by atoms with Gasteiger partial charge in [0.2, 0.25) is 5.91 Å². The lowest BCUT2D eigenvalue weighted by Crippen LogP contribution is -2.30. The Kier molecular flexibility index (Phi) is 8.00. The van der Waals surface area contributed by atoms with E-state index in [0.29, 0.717) is 5.56 Å². The molecule has 0 heterocycles. The van der Waals surface area contributed by atoms with E-state index in [-0.39, 0.29) is 29.4 Å². The van der Waals surface area contributed by atoms with Crippen molar-refractivity contribution >= 4 is 12.0 Å². The zero-order valence-electron chi connectivity index (χ0n) is 16.8. The smallest absolute Gasteiger partial charge is 0.387 e. The van der Waals surface area contributed by atoms with Gasteiger partial charge in [0.15, 0.2) is 11.5 Å². The van der Waals surface area contributed by atoms with Crippen LogP contribution in [0.5, 0.6) is 17.2 Å². The number of benzene rings is 2. The Morgan fingerprint density at radius 2 is 1.72 bits per heavy atom. The van der Waals surface area contributed by atoms with E-state index in [0.717, 1.165) is 11.3 Å². The van der Waals surface area contributed by atoms with E-state index in [2.05, 4.69) is 10.1 Å². The average molecular weight is 405 g/mol. The van der Waals surface area contributed by atoms with Crippen LogP contribution < -0.4 is 19.5 Å². The molecule has 156 valence electrons. The van der Waals surface area contributed by atoms with Crippen molar-refractivity contribution in [2.45, 2.75) is 26.5 Å². The summed E-state index contributed by atoms with van der Waals surface area (Å²) in [5.74, 6) is 0.545. The molecule has 0 spiro atoms. The number of hydrogen-bond acceptors (Lipinski definition) is 4. The molecular formula is C22H25F2NO4. The predicted molar refractivity (Wildman–Crippen MR) is 107 cm³/mol. The highest BCUT2D eigenvalue weighted by Crippen LogP contribution is 2.33. The van der Waals surface area contributed by atoms with Gasteiger partial charge in [-0.15, -0.1) is 0 Å². The molecule has 29 heavy (non-hydrogen) atoms. The number of nitrogens with one attached hydrogen (secondary N) is 1. The summed E-state index contributed by atoms with van der Waals surface area (Å²) in [5.41, 5.74) is 1.25. The lowest BCUT2D eigenvalue weighted by atomic mass is 9.96. The highest BCUT2D eigenvalue weighted by atomic mass is 19.3. The summed E-state index contributed by atoms with van der Waals surface area (Å²) in [6.07, 6.45) is 2.70. The highest BCUT2D eigenvalue weighted by Gasteiger charge is 2.18. The van der Waals surface area contributed by atoms with Crippen molar-refractivity contribution in [1.82, 2.24) is 5.32 Å². The summed E-state index contributed by atoms with van der Waals surface area (Å²) < 4.78 is 40.2. The summed E-state index contributed by atoms with van der Waals surface area (Å²) >= 11 is 0. The van der Waals surface area contributed by atoms with E-state index < -0.39 is 6.61 Å². The van der Waals surface area contributed by atoms with Crippen molar-refractivity contribution in [3.05, 3.63) is 59.7 Å². The summed E-state index contributed by atoms with van der Waals surface area (Å²) in [7, 11) is 2.95. The maximum absolute atomic E-state index is 12.7. The average Bonchev–Trinajstić information content (AvgIpc) is 2.70. The first kappa shape index (κ1) is 22.2. The molecule has 2 aromatic carbocycles. The summed E-state index contributed by atoms with van der Waals surface area (Å²) in [4.78, 5) is 12.5. The molecule has 0 aliphatic heterocycles. The van der Waals surface area contributed by atoms with Gasteiger partial charge in [-0.05, 0) is 35.8 Å². The number of alkyl halides is 2. The van der Waals surface area contributed by atoms with Gasteiger partial charge >= 0.3 is 6.61 Å². The fourth-order valence-electron chi connectivity index (χ4n) is 2.85. The van der Waals surface area contributed by atoms with Crippen molar-refractivity contribution in [3.8, 4) is 17.2 Å². The number of carbonyl (C=O) groups is 1. The Balaban J connectivity index is 2.18. The molecule has 0 saturated carbocycles. The third-order valence-corrected chi connectivity index (χ3v) is 4.29. The SMILES string of the molecule is COc1ccc(C(NC(=O)/C=C/c2cccc(OC)c2OC(F)F)C(C)C)cc1. The Morgan fingerprint density at radius 1 is 1.03 bits per heavy atom. The van der Waals surface area contributed by atoms with Gasteiger partial charge in [-0.3, -0.25) is 4.79 Å². The van der Waals surface area contributed by atoms with E-state index >= 15 is 0 Å². The van der Waals surface area contributed by atoms with Gasteiger partial charge in [-0.1, -0.05) is 38.1 Å². The predicted octanol–water partition coefficient (Wildman–Crippen LogP) is 4.83. The minimum Gasteiger partial charge on any atom is -0.497 e. The number of ether oxygens (including phenoxy) is 3. The van der Waals surface area contributed by atoms with E-state index in [9.17, 15) is 13.6 Å². The Labute approximate surface area is 169 Å². The largest absolute Gasteiger partial charge is 0.497 e. The molecule has 2 rings (SSSR count). The van der Waals surface area contributed by atoms with Gasteiger partial charge in [0.05, 0.1) is 20.3 Å². The van der Waals surface area contributed by atoms with Gasteiger partial charge in [0, 0.05) is 11.6 Å². The lowest BCUT2D eigenvalue weighted by Gasteiger charge is -2.22. The van der Waals surface area contributed by atoms with Crippen molar-refractivity contribution in [2.24, 2.45) is 5.92 Å². The second kappa shape index (κ2) is 10.5. The van der Waals surface area contributed by atoms with E-state index in [1.807, 2.05) is 38.1 Å². The molecule has 1 N–H and O–H groups in total. The molecule has 1 atom stereocenters. The van der Waals surface area contributed by atoms with Crippen LogP contribution in [0.4, 0.5) is 8.78 Å². The Bertz CT molecular complexity index is 835. The molecule has 0 radical (unpaired) electrons. The summed E-state index contributed by atoms with van der Waals surface area (Å²) in [5, 5.41) is 2.94. The monoisotopic (exact) mass is 405 g/mol. The molecule has 0 bridgehead atoms. The van der Waals surface area contributed by atoms with E-state index in [1.54, 1.807) is 19.2 Å². The maximum atomic E-state index is 12.7. The minimum atomic E-state index is -3.01. The molecule has 0 aliphatic carbocycles. The van der Waals surface area contributed by atoms with Crippen LogP contribution in [0.2, 0.25) is 0 Å². The summed E-state index contributed by atoms with van der Waals surface area (Å²) in [6.45, 7) is 0.984. The maximum Gasteiger partial charge on any atom is 0.387 e. The van der Waals surface area contributed by atoms with Crippen LogP contribution in [0.25, 0.3) is 6.08 Å². The fourth-order valence-corrected chi connectivity index (χ4v) is 2.85. The minimum absolute atomic E-state index is 0.121. The van der Waals surface area contributed by atoms with Crippen molar-refractivity contribution < 1.29 is 27.8 Å². The van der Waals surface area contributed by atoms with Crippen LogP contribution >= 0.6 is 0 Å². The van der Waals surface area contributed by atoms with Crippen LogP contribution in [0.1, 0.15) is 31.0 Å². The number of halogens is 2. The van der Waals surface area contributed by atoms with Gasteiger partial charge < -0.3 is 19.5 Å². The number of hydrogen-bond donors (Lipinski definition) is 1. The fraction of sp³-hybridized carbons (Fsp3) is 0.318. The zero-order chi connectivity index (χ0) is 21.4. The van der Waals surface area contributed by atoms with E-state index in [4.69, 9.17) is 9.47 Å². The zero-order valence-corrected chi connectivity index (χ0v) is 16.8. The number of amides is 1. The van der Waals surface area contributed by atoms with Gasteiger partial charge in [-0.25, -0.2) is 0 Å². The second-order valence-electron chi connectivity index (χ2n) is 6.59. The molecule has 0 aliphatic rings. The second-order valence-corrected chi connectivity index (χ2v) is 6.59. The Morgan fingerprint density at radius 3 is 2.28 bits per heavy atom. The van der Waals surface area contributed by atoms with Crippen molar-refractivity contribution in [3.63, 3.8) is 0 Å². The van der Waals surface area contributed by atoms with Crippen LogP contribution in [-0.2, 0) is 4.79 Å². The van der Waals surface area contributed by atoms with Gasteiger partial charge in [-0.2, -0.15) is 8.78 Å². The molecule has 0 saturated heterocycles. The number of para-hydroxylation sites is 1. The molecule has 0 fully saturated rings. The van der Waals surface area contributed by atoms with Crippen molar-refractivity contribution in [1.29, 1.82) is 0 Å². The molecule has 0 aromatic heterocycles. The molecule has 1 amide bonds. The first-order valence-electron chi connectivity index (χ1n) is 9.10. The lowest BCUT2D eigenvalue weighted by molar-refractivity contribution is -0.117. The van der Waals surface area contributed by atoms with Crippen LogP contribution in [0, 0.1) is 5.92 Å². The normalized spacial score (nSPS) is 12.3. The van der Waals surface area contributed by atoms with E-state index in [1.165, 1.54) is 25.3 Å². The van der Waals surface area contributed by atoms with Crippen LogP contribution in [0.15, 0.2) is 48.5 Å². The molecule has 5 nitrogen and oxygen atoms in total. The number of methoxy groups -OCH3 is 2.